The normalized spacial score (nSPS) is 11.7. The molecule has 158 valence electrons. The van der Waals surface area contributed by atoms with Crippen molar-refractivity contribution >= 4 is 17.5 Å². The van der Waals surface area contributed by atoms with Crippen molar-refractivity contribution in [2.24, 2.45) is 0 Å². The van der Waals surface area contributed by atoms with E-state index in [0.29, 0.717) is 41.7 Å². The molecule has 0 spiro atoms. The second kappa shape index (κ2) is 10.1. The Labute approximate surface area is 180 Å². The molecule has 1 unspecified atom stereocenters. The summed E-state index contributed by atoms with van der Waals surface area (Å²) in [5, 5.41) is 16.1. The summed E-state index contributed by atoms with van der Waals surface area (Å²) in [6.45, 7) is 2.38. The molecule has 1 aromatic heterocycles. The monoisotopic (exact) mass is 429 g/mol. The van der Waals surface area contributed by atoms with Gasteiger partial charge in [0.25, 0.3) is 0 Å². The van der Waals surface area contributed by atoms with Gasteiger partial charge < -0.3 is 14.8 Å². The number of halogens is 1. The predicted molar refractivity (Wildman–Crippen MR) is 114 cm³/mol. The van der Waals surface area contributed by atoms with Gasteiger partial charge in [0, 0.05) is 17.1 Å². The molecule has 1 N–H and O–H groups in total. The number of nitrogens with one attached hydrogen (secondary N) is 1. The first-order chi connectivity index (χ1) is 14.5. The lowest BCUT2D eigenvalue weighted by atomic mass is 10.1. The standard InChI is InChI=1S/C21H24ClN5O3/c1-4-17(27-25-20(24-26-27)15-6-8-16(22)9-7-15)21(28)23-12-11-14-5-10-18(29-2)19(13-14)30-3/h5-10,13,17H,4,11-12H2,1-3H3,(H,23,28). The molecule has 0 saturated heterocycles. The number of tetrazole rings is 1. The maximum absolute atomic E-state index is 12.7. The number of rotatable bonds is 9. The first kappa shape index (κ1) is 21.6. The third kappa shape index (κ3) is 5.07. The zero-order chi connectivity index (χ0) is 21.5. The molecule has 0 aliphatic rings. The third-order valence-corrected chi connectivity index (χ3v) is 4.91. The Kier molecular flexibility index (Phi) is 7.24. The van der Waals surface area contributed by atoms with Crippen LogP contribution in [0.1, 0.15) is 24.9 Å². The van der Waals surface area contributed by atoms with Crippen molar-refractivity contribution in [2.75, 3.05) is 20.8 Å². The average molecular weight is 430 g/mol. The van der Waals surface area contributed by atoms with Gasteiger partial charge in [0.15, 0.2) is 17.5 Å². The largest absolute Gasteiger partial charge is 0.493 e. The fourth-order valence-electron chi connectivity index (χ4n) is 3.01. The van der Waals surface area contributed by atoms with Crippen molar-refractivity contribution in [3.63, 3.8) is 0 Å². The van der Waals surface area contributed by atoms with Crippen LogP contribution in [0.3, 0.4) is 0 Å². The van der Waals surface area contributed by atoms with Gasteiger partial charge in [0.1, 0.15) is 0 Å². The van der Waals surface area contributed by atoms with Crippen LogP contribution in [-0.2, 0) is 11.2 Å². The smallest absolute Gasteiger partial charge is 0.246 e. The van der Waals surface area contributed by atoms with Crippen LogP contribution in [0, 0.1) is 0 Å². The lowest BCUT2D eigenvalue weighted by Crippen LogP contribution is -2.34. The summed E-state index contributed by atoms with van der Waals surface area (Å²) in [5.41, 5.74) is 1.82. The van der Waals surface area contributed by atoms with E-state index in [-0.39, 0.29) is 5.91 Å². The highest BCUT2D eigenvalue weighted by atomic mass is 35.5. The Morgan fingerprint density at radius 1 is 1.13 bits per heavy atom. The van der Waals surface area contributed by atoms with E-state index in [1.54, 1.807) is 26.4 Å². The molecule has 9 heteroatoms. The number of carbonyl (C=O) groups excluding carboxylic acids is 1. The van der Waals surface area contributed by atoms with Gasteiger partial charge in [-0.3, -0.25) is 4.79 Å². The van der Waals surface area contributed by atoms with Crippen molar-refractivity contribution in [3.8, 4) is 22.9 Å². The Bertz CT molecular complexity index is 991. The molecule has 0 bridgehead atoms. The number of aromatic nitrogens is 4. The van der Waals surface area contributed by atoms with Gasteiger partial charge in [-0.2, -0.15) is 4.80 Å². The minimum absolute atomic E-state index is 0.155. The Hall–Kier alpha value is -3.13. The molecule has 0 fully saturated rings. The fraction of sp³-hybridized carbons (Fsp3) is 0.333. The van der Waals surface area contributed by atoms with Crippen molar-refractivity contribution < 1.29 is 14.3 Å². The molecule has 1 atom stereocenters. The quantitative estimate of drug-likeness (QED) is 0.561. The number of amides is 1. The average Bonchev–Trinajstić information content (AvgIpc) is 3.24. The highest BCUT2D eigenvalue weighted by Gasteiger charge is 2.21. The molecule has 8 nitrogen and oxygen atoms in total. The van der Waals surface area contributed by atoms with Crippen LogP contribution in [0.5, 0.6) is 11.5 Å². The Morgan fingerprint density at radius 3 is 2.53 bits per heavy atom. The van der Waals surface area contributed by atoms with Crippen molar-refractivity contribution in [2.45, 2.75) is 25.8 Å². The Morgan fingerprint density at radius 2 is 1.87 bits per heavy atom. The second-order valence-electron chi connectivity index (χ2n) is 6.59. The first-order valence-corrected chi connectivity index (χ1v) is 9.97. The molecule has 2 aromatic carbocycles. The van der Waals surface area contributed by atoms with E-state index in [1.807, 2.05) is 37.3 Å². The van der Waals surface area contributed by atoms with Crippen LogP contribution in [0.15, 0.2) is 42.5 Å². The summed E-state index contributed by atoms with van der Waals surface area (Å²) in [4.78, 5) is 14.0. The maximum Gasteiger partial charge on any atom is 0.246 e. The number of hydrogen-bond acceptors (Lipinski definition) is 6. The van der Waals surface area contributed by atoms with E-state index in [9.17, 15) is 4.79 Å². The summed E-state index contributed by atoms with van der Waals surface area (Å²) in [6.07, 6.45) is 1.20. The lowest BCUT2D eigenvalue weighted by molar-refractivity contribution is -0.125. The van der Waals surface area contributed by atoms with Crippen molar-refractivity contribution in [1.29, 1.82) is 0 Å². The molecule has 1 amide bonds. The van der Waals surface area contributed by atoms with Crippen LogP contribution >= 0.6 is 11.6 Å². The number of hydrogen-bond donors (Lipinski definition) is 1. The van der Waals surface area contributed by atoms with Crippen LogP contribution in [0.2, 0.25) is 5.02 Å². The third-order valence-electron chi connectivity index (χ3n) is 4.66. The molecule has 0 saturated carbocycles. The van der Waals surface area contributed by atoms with Crippen molar-refractivity contribution in [1.82, 2.24) is 25.5 Å². The van der Waals surface area contributed by atoms with Gasteiger partial charge in [-0.05, 0) is 60.0 Å². The van der Waals surface area contributed by atoms with Crippen molar-refractivity contribution in [3.05, 3.63) is 53.1 Å². The lowest BCUT2D eigenvalue weighted by Gasteiger charge is -2.14. The van der Waals surface area contributed by atoms with E-state index < -0.39 is 6.04 Å². The Balaban J connectivity index is 1.61. The van der Waals surface area contributed by atoms with Crippen LogP contribution in [-0.4, -0.2) is 46.9 Å². The molecule has 0 radical (unpaired) electrons. The first-order valence-electron chi connectivity index (χ1n) is 9.59. The molecule has 0 aliphatic carbocycles. The summed E-state index contributed by atoms with van der Waals surface area (Å²) in [6, 6.07) is 12.3. The second-order valence-corrected chi connectivity index (χ2v) is 7.03. The number of carbonyl (C=O) groups is 1. The minimum atomic E-state index is -0.538. The SMILES string of the molecule is CCC(C(=O)NCCc1ccc(OC)c(OC)c1)n1nnc(-c2ccc(Cl)cc2)n1. The molecule has 30 heavy (non-hydrogen) atoms. The highest BCUT2D eigenvalue weighted by Crippen LogP contribution is 2.27. The summed E-state index contributed by atoms with van der Waals surface area (Å²) in [5.74, 6) is 1.63. The van der Waals surface area contributed by atoms with E-state index >= 15 is 0 Å². The number of ether oxygens (including phenoxy) is 2. The fourth-order valence-corrected chi connectivity index (χ4v) is 3.14. The van der Waals surface area contributed by atoms with Gasteiger partial charge >= 0.3 is 0 Å². The molecule has 3 aromatic rings. The maximum atomic E-state index is 12.7. The van der Waals surface area contributed by atoms with E-state index in [2.05, 4.69) is 20.7 Å². The number of methoxy groups -OCH3 is 2. The minimum Gasteiger partial charge on any atom is -0.493 e. The van der Waals surface area contributed by atoms with Gasteiger partial charge in [-0.15, -0.1) is 10.2 Å². The summed E-state index contributed by atoms with van der Waals surface area (Å²) in [7, 11) is 3.19. The number of benzene rings is 2. The van der Waals surface area contributed by atoms with E-state index in [4.69, 9.17) is 21.1 Å². The molecule has 1 heterocycles. The van der Waals surface area contributed by atoms with E-state index in [1.165, 1.54) is 4.80 Å². The number of nitrogens with zero attached hydrogens (tertiary/aromatic N) is 4. The summed E-state index contributed by atoms with van der Waals surface area (Å²) < 4.78 is 10.6. The van der Waals surface area contributed by atoms with Gasteiger partial charge in [-0.25, -0.2) is 0 Å². The van der Waals surface area contributed by atoms with E-state index in [0.717, 1.165) is 11.1 Å². The molecular weight excluding hydrogens is 406 g/mol. The predicted octanol–water partition coefficient (Wildman–Crippen LogP) is 3.32. The van der Waals surface area contributed by atoms with Crippen LogP contribution in [0.25, 0.3) is 11.4 Å². The zero-order valence-electron chi connectivity index (χ0n) is 17.1. The topological polar surface area (TPSA) is 91.2 Å². The van der Waals surface area contributed by atoms with Gasteiger partial charge in [0.05, 0.1) is 14.2 Å². The molecule has 3 rings (SSSR count). The molecular formula is C21H24ClN5O3. The molecule has 0 aliphatic heterocycles. The van der Waals surface area contributed by atoms with Gasteiger partial charge in [0.2, 0.25) is 11.7 Å². The van der Waals surface area contributed by atoms with Crippen LogP contribution in [0.4, 0.5) is 0 Å². The summed E-state index contributed by atoms with van der Waals surface area (Å²) >= 11 is 5.92. The highest BCUT2D eigenvalue weighted by molar-refractivity contribution is 6.30. The van der Waals surface area contributed by atoms with Gasteiger partial charge in [-0.1, -0.05) is 24.6 Å². The van der Waals surface area contributed by atoms with Crippen LogP contribution < -0.4 is 14.8 Å². The zero-order valence-corrected chi connectivity index (χ0v) is 17.9.